The largest absolute Gasteiger partial charge is 0.508 e. The number of hydrogen-bond donors (Lipinski definition) is 2. The number of phenolic OH excluding ortho intramolecular Hbond substituents is 1. The average Bonchev–Trinajstić information content (AvgIpc) is 2.72. The van der Waals surface area contributed by atoms with E-state index in [0.717, 1.165) is 0 Å². The Balaban J connectivity index is 2.64. The number of nitrogens with zero attached hydrogens (tertiary/aromatic N) is 1. The Bertz CT molecular complexity index is 561. The van der Waals surface area contributed by atoms with E-state index in [2.05, 4.69) is 9.68 Å². The Morgan fingerprint density at radius 1 is 1.47 bits per heavy atom. The maximum atomic E-state index is 11.0. The van der Waals surface area contributed by atoms with Crippen molar-refractivity contribution in [1.29, 1.82) is 0 Å². The van der Waals surface area contributed by atoms with Crippen molar-refractivity contribution in [2.45, 2.75) is 0 Å². The quantitative estimate of drug-likeness (QED) is 0.841. The number of benzene rings is 1. The molecule has 17 heavy (non-hydrogen) atoms. The molecule has 1 aromatic carbocycles. The summed E-state index contributed by atoms with van der Waals surface area (Å²) < 4.78 is 9.61. The summed E-state index contributed by atoms with van der Waals surface area (Å²) in [6.45, 7) is 0. The Labute approximate surface area is 96.0 Å². The van der Waals surface area contributed by atoms with Crippen LogP contribution in [-0.4, -0.2) is 28.4 Å². The second kappa shape index (κ2) is 4.17. The minimum Gasteiger partial charge on any atom is -0.508 e. The summed E-state index contributed by atoms with van der Waals surface area (Å²) in [5.41, 5.74) is 0.663. The molecule has 2 rings (SSSR count). The number of aromatic hydroxyl groups is 1. The zero-order chi connectivity index (χ0) is 12.4. The molecule has 0 fully saturated rings. The number of carbonyl (C=O) groups is 1. The van der Waals surface area contributed by atoms with Crippen LogP contribution in [0.25, 0.3) is 11.1 Å². The van der Waals surface area contributed by atoms with Crippen molar-refractivity contribution in [3.05, 3.63) is 30.0 Å². The summed E-state index contributed by atoms with van der Waals surface area (Å²) in [4.78, 5) is 11.0. The molecule has 0 saturated carbocycles. The Morgan fingerprint density at radius 2 is 2.24 bits per heavy atom. The number of rotatable bonds is 3. The van der Waals surface area contributed by atoms with Crippen molar-refractivity contribution in [2.24, 2.45) is 0 Å². The zero-order valence-corrected chi connectivity index (χ0v) is 8.88. The fourth-order valence-corrected chi connectivity index (χ4v) is 1.48. The summed E-state index contributed by atoms with van der Waals surface area (Å²) in [5.74, 6) is -1.50. The predicted molar refractivity (Wildman–Crippen MR) is 57.1 cm³/mol. The third-order valence-electron chi connectivity index (χ3n) is 2.18. The van der Waals surface area contributed by atoms with Crippen LogP contribution in [-0.2, 0) is 0 Å². The highest BCUT2D eigenvalue weighted by atomic mass is 16.5. The first-order chi connectivity index (χ1) is 8.13. The fourth-order valence-electron chi connectivity index (χ4n) is 1.48. The van der Waals surface area contributed by atoms with Gasteiger partial charge in [-0.25, -0.2) is 4.79 Å². The molecule has 0 aliphatic rings. The molecule has 1 aromatic heterocycles. The third-order valence-corrected chi connectivity index (χ3v) is 2.18. The van der Waals surface area contributed by atoms with Gasteiger partial charge < -0.3 is 19.5 Å². The second-order valence-electron chi connectivity index (χ2n) is 3.25. The number of phenols is 1. The molecule has 6 heteroatoms. The van der Waals surface area contributed by atoms with Gasteiger partial charge in [0.2, 0.25) is 0 Å². The lowest BCUT2D eigenvalue weighted by Gasteiger charge is -2.01. The number of carboxylic acid groups (broad SMARTS) is 1. The topological polar surface area (TPSA) is 92.8 Å². The first-order valence-electron chi connectivity index (χ1n) is 4.70. The number of carboxylic acids is 1. The molecule has 6 nitrogen and oxygen atoms in total. The zero-order valence-electron chi connectivity index (χ0n) is 8.88. The summed E-state index contributed by atoms with van der Waals surface area (Å²) in [7, 11) is 1.36. The van der Waals surface area contributed by atoms with E-state index in [4.69, 9.17) is 9.84 Å². The summed E-state index contributed by atoms with van der Waals surface area (Å²) in [5, 5.41) is 21.8. The molecule has 88 valence electrons. The maximum absolute atomic E-state index is 11.0. The molecule has 1 heterocycles. The predicted octanol–water partition coefficient (Wildman–Crippen LogP) is 1.75. The smallest absolute Gasteiger partial charge is 0.375 e. The lowest BCUT2D eigenvalue weighted by molar-refractivity contribution is 0.0653. The Morgan fingerprint density at radius 3 is 2.82 bits per heavy atom. The van der Waals surface area contributed by atoms with Gasteiger partial charge in [0.05, 0.1) is 7.11 Å². The normalized spacial score (nSPS) is 10.2. The van der Waals surface area contributed by atoms with Gasteiger partial charge in [0.1, 0.15) is 11.3 Å². The third kappa shape index (κ3) is 1.92. The van der Waals surface area contributed by atoms with Crippen LogP contribution in [0, 0.1) is 0 Å². The molecule has 0 atom stereocenters. The summed E-state index contributed by atoms with van der Waals surface area (Å²) in [6.07, 6.45) is 0. The van der Waals surface area contributed by atoms with Gasteiger partial charge in [-0.2, -0.15) is 0 Å². The van der Waals surface area contributed by atoms with Crippen molar-refractivity contribution in [1.82, 2.24) is 5.16 Å². The van der Waals surface area contributed by atoms with Crippen LogP contribution in [0.3, 0.4) is 0 Å². The minimum atomic E-state index is -1.25. The van der Waals surface area contributed by atoms with Crippen LogP contribution >= 0.6 is 0 Å². The van der Waals surface area contributed by atoms with Gasteiger partial charge in [0.25, 0.3) is 11.6 Å². The van der Waals surface area contributed by atoms with Crippen LogP contribution in [0.2, 0.25) is 0 Å². The molecule has 0 spiro atoms. The van der Waals surface area contributed by atoms with E-state index in [1.807, 2.05) is 0 Å². The lowest BCUT2D eigenvalue weighted by Crippen LogP contribution is -1.97. The molecule has 0 aliphatic carbocycles. The monoisotopic (exact) mass is 235 g/mol. The van der Waals surface area contributed by atoms with Gasteiger partial charge in [-0.3, -0.25) is 0 Å². The van der Waals surface area contributed by atoms with E-state index >= 15 is 0 Å². The summed E-state index contributed by atoms with van der Waals surface area (Å²) >= 11 is 0. The Kier molecular flexibility index (Phi) is 2.70. The first-order valence-corrected chi connectivity index (χ1v) is 4.70. The van der Waals surface area contributed by atoms with Crippen molar-refractivity contribution < 1.29 is 24.3 Å². The highest BCUT2D eigenvalue weighted by Crippen LogP contribution is 2.34. The number of methoxy groups -OCH3 is 1. The standard InChI is InChI=1S/C11H9NO5/c1-16-10-8(9(11(14)15)17-12-10)6-3-2-4-7(13)5-6/h2-5,13H,1H3,(H,14,15). The molecular formula is C11H9NO5. The molecule has 0 radical (unpaired) electrons. The highest BCUT2D eigenvalue weighted by molar-refractivity contribution is 5.94. The van der Waals surface area contributed by atoms with Gasteiger partial charge in [-0.1, -0.05) is 12.1 Å². The molecule has 0 unspecified atom stereocenters. The van der Waals surface area contributed by atoms with Gasteiger partial charge in [0.15, 0.2) is 0 Å². The SMILES string of the molecule is COc1noc(C(=O)O)c1-c1cccc(O)c1. The highest BCUT2D eigenvalue weighted by Gasteiger charge is 2.24. The molecule has 2 N–H and O–H groups in total. The van der Waals surface area contributed by atoms with Crippen LogP contribution in [0.1, 0.15) is 10.6 Å². The number of aromatic carboxylic acids is 1. The van der Waals surface area contributed by atoms with Gasteiger partial charge in [-0.05, 0) is 22.9 Å². The maximum Gasteiger partial charge on any atom is 0.375 e. The molecule has 0 aliphatic heterocycles. The van der Waals surface area contributed by atoms with Crippen molar-refractivity contribution in [3.63, 3.8) is 0 Å². The van der Waals surface area contributed by atoms with Gasteiger partial charge in [0, 0.05) is 0 Å². The second-order valence-corrected chi connectivity index (χ2v) is 3.25. The molecule has 0 bridgehead atoms. The van der Waals surface area contributed by atoms with E-state index in [-0.39, 0.29) is 23.0 Å². The van der Waals surface area contributed by atoms with Crippen molar-refractivity contribution >= 4 is 5.97 Å². The lowest BCUT2D eigenvalue weighted by atomic mass is 10.1. The fraction of sp³-hybridized carbons (Fsp3) is 0.0909. The van der Waals surface area contributed by atoms with Gasteiger partial charge in [-0.15, -0.1) is 0 Å². The van der Waals surface area contributed by atoms with Crippen LogP contribution < -0.4 is 4.74 Å². The van der Waals surface area contributed by atoms with E-state index in [9.17, 15) is 9.90 Å². The molecular weight excluding hydrogens is 226 g/mol. The number of ether oxygens (including phenoxy) is 1. The number of hydrogen-bond acceptors (Lipinski definition) is 5. The van der Waals surface area contributed by atoms with E-state index in [1.165, 1.54) is 19.2 Å². The van der Waals surface area contributed by atoms with Crippen molar-refractivity contribution in [3.8, 4) is 22.8 Å². The summed E-state index contributed by atoms with van der Waals surface area (Å²) in [6, 6.07) is 6.09. The molecule has 2 aromatic rings. The number of aromatic nitrogens is 1. The average molecular weight is 235 g/mol. The molecule has 0 amide bonds. The van der Waals surface area contributed by atoms with Gasteiger partial charge >= 0.3 is 5.97 Å². The van der Waals surface area contributed by atoms with Crippen LogP contribution in [0.15, 0.2) is 28.8 Å². The van der Waals surface area contributed by atoms with E-state index < -0.39 is 5.97 Å². The molecule has 0 saturated heterocycles. The van der Waals surface area contributed by atoms with Crippen molar-refractivity contribution in [2.75, 3.05) is 7.11 Å². The first kappa shape index (κ1) is 11.0. The van der Waals surface area contributed by atoms with Crippen LogP contribution in [0.5, 0.6) is 11.6 Å². The van der Waals surface area contributed by atoms with E-state index in [1.54, 1.807) is 12.1 Å². The van der Waals surface area contributed by atoms with Crippen LogP contribution in [0.4, 0.5) is 0 Å². The minimum absolute atomic E-state index is 0.0158. The Hall–Kier alpha value is -2.50. The van der Waals surface area contributed by atoms with E-state index in [0.29, 0.717) is 5.56 Å².